The van der Waals surface area contributed by atoms with Crippen molar-refractivity contribution in [2.24, 2.45) is 0 Å². The number of nitrogens with zero attached hydrogens (tertiary/aromatic N) is 2. The van der Waals surface area contributed by atoms with Crippen LogP contribution in [0.1, 0.15) is 19.4 Å². The summed E-state index contributed by atoms with van der Waals surface area (Å²) in [4.78, 5) is 2.27. The van der Waals surface area contributed by atoms with E-state index in [0.717, 1.165) is 18.8 Å². The van der Waals surface area contributed by atoms with E-state index in [9.17, 15) is 0 Å². The first-order valence-electron chi connectivity index (χ1n) is 5.70. The normalized spacial score (nSPS) is 24.5. The van der Waals surface area contributed by atoms with Crippen molar-refractivity contribution in [3.63, 3.8) is 0 Å². The van der Waals surface area contributed by atoms with Crippen molar-refractivity contribution < 1.29 is 0 Å². The summed E-state index contributed by atoms with van der Waals surface area (Å²) in [7, 11) is 0. The Bertz CT molecular complexity index is 445. The Morgan fingerprint density at radius 1 is 1.35 bits per heavy atom. The monoisotopic (exact) mass is 266 g/mol. The van der Waals surface area contributed by atoms with E-state index in [0.29, 0.717) is 21.1 Å². The lowest BCUT2D eigenvalue weighted by Gasteiger charge is -2.36. The van der Waals surface area contributed by atoms with Crippen LogP contribution in [0.3, 0.4) is 0 Å². The van der Waals surface area contributed by atoms with Crippen LogP contribution in [0.25, 0.3) is 0 Å². The third kappa shape index (κ3) is 2.88. The van der Waals surface area contributed by atoms with Crippen LogP contribution in [-0.4, -0.2) is 23.6 Å². The summed E-state index contributed by atoms with van der Waals surface area (Å²) in [6.07, 6.45) is 0. The molecule has 2 unspecified atom stereocenters. The van der Waals surface area contributed by atoms with E-state index >= 15 is 0 Å². The zero-order chi connectivity index (χ0) is 12.4. The van der Waals surface area contributed by atoms with Crippen LogP contribution < -0.4 is 4.90 Å². The van der Waals surface area contributed by atoms with Gasteiger partial charge in [0.15, 0.2) is 0 Å². The van der Waals surface area contributed by atoms with Gasteiger partial charge in [-0.15, -0.1) is 0 Å². The van der Waals surface area contributed by atoms with Crippen molar-refractivity contribution in [2.75, 3.05) is 18.0 Å². The van der Waals surface area contributed by atoms with Crippen LogP contribution in [0.5, 0.6) is 0 Å². The van der Waals surface area contributed by atoms with E-state index in [-0.39, 0.29) is 0 Å². The molecule has 1 heterocycles. The maximum absolute atomic E-state index is 9.15. The molecule has 1 aliphatic heterocycles. The van der Waals surface area contributed by atoms with Crippen LogP contribution in [-0.2, 0) is 0 Å². The van der Waals surface area contributed by atoms with E-state index in [1.54, 1.807) is 12.1 Å². The topological polar surface area (TPSA) is 27.0 Å². The zero-order valence-electron chi connectivity index (χ0n) is 9.98. The highest BCUT2D eigenvalue weighted by Gasteiger charge is 2.24. The number of hydrogen-bond donors (Lipinski definition) is 0. The number of nitriles is 1. The molecule has 2 atom stereocenters. The van der Waals surface area contributed by atoms with E-state index in [4.69, 9.17) is 16.9 Å². The van der Waals surface area contributed by atoms with E-state index in [2.05, 4.69) is 24.8 Å². The van der Waals surface area contributed by atoms with Gasteiger partial charge in [0.2, 0.25) is 0 Å². The first-order valence-corrected chi connectivity index (χ1v) is 7.02. The molecular formula is C13H15ClN2S. The fraction of sp³-hybridized carbons (Fsp3) is 0.462. The second kappa shape index (κ2) is 5.20. The highest BCUT2D eigenvalue weighted by Crippen LogP contribution is 2.31. The number of hydrogen-bond acceptors (Lipinski definition) is 3. The smallest absolute Gasteiger partial charge is 0.101 e. The minimum absolute atomic E-state index is 0.587. The quantitative estimate of drug-likeness (QED) is 0.778. The molecule has 1 saturated heterocycles. The zero-order valence-corrected chi connectivity index (χ0v) is 11.6. The van der Waals surface area contributed by atoms with Gasteiger partial charge in [-0.25, -0.2) is 0 Å². The highest BCUT2D eigenvalue weighted by atomic mass is 35.5. The van der Waals surface area contributed by atoms with Gasteiger partial charge in [0.25, 0.3) is 0 Å². The number of rotatable bonds is 1. The standard InChI is InChI=1S/C13H15ClN2S/c1-9-7-16(8-10(2)17-9)13-5-12(14)4-3-11(13)6-15/h3-5,9-10H,7-8H2,1-2H3. The molecule has 0 radical (unpaired) electrons. The fourth-order valence-corrected chi connectivity index (χ4v) is 3.73. The summed E-state index contributed by atoms with van der Waals surface area (Å²) in [5.74, 6) is 0. The second-order valence-electron chi connectivity index (χ2n) is 4.44. The van der Waals surface area contributed by atoms with Crippen LogP contribution >= 0.6 is 23.4 Å². The Labute approximate surface area is 112 Å². The van der Waals surface area contributed by atoms with Gasteiger partial charge in [-0.3, -0.25) is 0 Å². The molecule has 1 aromatic carbocycles. The molecule has 4 heteroatoms. The molecule has 0 aromatic heterocycles. The summed E-state index contributed by atoms with van der Waals surface area (Å²) < 4.78 is 0. The molecule has 0 N–H and O–H groups in total. The third-order valence-corrected chi connectivity index (χ3v) is 4.30. The molecule has 1 fully saturated rings. The first kappa shape index (κ1) is 12.6. The predicted molar refractivity (Wildman–Crippen MR) is 74.9 cm³/mol. The van der Waals surface area contributed by atoms with E-state index < -0.39 is 0 Å². The van der Waals surface area contributed by atoms with Gasteiger partial charge in [-0.1, -0.05) is 25.4 Å². The lowest BCUT2D eigenvalue weighted by molar-refractivity contribution is 0.727. The van der Waals surface area contributed by atoms with Crippen molar-refractivity contribution in [1.82, 2.24) is 0 Å². The summed E-state index contributed by atoms with van der Waals surface area (Å²) in [5, 5.41) is 11.0. The van der Waals surface area contributed by atoms with Crippen molar-refractivity contribution in [1.29, 1.82) is 5.26 Å². The van der Waals surface area contributed by atoms with Crippen LogP contribution in [0.15, 0.2) is 18.2 Å². The van der Waals surface area contributed by atoms with Gasteiger partial charge in [0.05, 0.1) is 11.3 Å². The van der Waals surface area contributed by atoms with Gasteiger partial charge < -0.3 is 4.90 Å². The van der Waals surface area contributed by atoms with Gasteiger partial charge in [0.1, 0.15) is 6.07 Å². The molecule has 0 saturated carbocycles. The van der Waals surface area contributed by atoms with Crippen molar-refractivity contribution in [2.45, 2.75) is 24.3 Å². The Hall–Kier alpha value is -0.850. The summed E-state index contributed by atoms with van der Waals surface area (Å²) >= 11 is 8.02. The summed E-state index contributed by atoms with van der Waals surface area (Å²) in [6, 6.07) is 7.71. The lowest BCUT2D eigenvalue weighted by Crippen LogP contribution is -2.40. The highest BCUT2D eigenvalue weighted by molar-refractivity contribution is 8.00. The molecule has 0 aliphatic carbocycles. The predicted octanol–water partition coefficient (Wildman–Crippen LogP) is 3.54. The van der Waals surface area contributed by atoms with Gasteiger partial charge in [-0.2, -0.15) is 17.0 Å². The second-order valence-corrected chi connectivity index (χ2v) is 6.75. The van der Waals surface area contributed by atoms with Crippen molar-refractivity contribution >= 4 is 29.1 Å². The fourth-order valence-electron chi connectivity index (χ4n) is 2.24. The van der Waals surface area contributed by atoms with Crippen LogP contribution in [0.2, 0.25) is 5.02 Å². The molecule has 1 aliphatic rings. The average molecular weight is 267 g/mol. The number of anilines is 1. The Balaban J connectivity index is 2.33. The number of benzene rings is 1. The molecule has 2 nitrogen and oxygen atoms in total. The molecule has 1 aromatic rings. The van der Waals surface area contributed by atoms with Gasteiger partial charge >= 0.3 is 0 Å². The Morgan fingerprint density at radius 3 is 2.59 bits per heavy atom. The summed E-state index contributed by atoms with van der Waals surface area (Å²) in [5.41, 5.74) is 1.68. The lowest BCUT2D eigenvalue weighted by atomic mass is 10.1. The first-order chi connectivity index (χ1) is 8.10. The van der Waals surface area contributed by atoms with Crippen molar-refractivity contribution in [3.05, 3.63) is 28.8 Å². The molecule has 0 amide bonds. The largest absolute Gasteiger partial charge is 0.368 e. The molecule has 90 valence electrons. The molecular weight excluding hydrogens is 252 g/mol. The minimum Gasteiger partial charge on any atom is -0.368 e. The maximum Gasteiger partial charge on any atom is 0.101 e. The average Bonchev–Trinajstić information content (AvgIpc) is 2.27. The minimum atomic E-state index is 0.587. The van der Waals surface area contributed by atoms with E-state index in [1.807, 2.05) is 17.8 Å². The van der Waals surface area contributed by atoms with Crippen LogP contribution in [0, 0.1) is 11.3 Å². The Morgan fingerprint density at radius 2 is 2.00 bits per heavy atom. The SMILES string of the molecule is CC1CN(c2cc(Cl)ccc2C#N)CC(C)S1. The van der Waals surface area contributed by atoms with Crippen LogP contribution in [0.4, 0.5) is 5.69 Å². The number of thioether (sulfide) groups is 1. The van der Waals surface area contributed by atoms with Gasteiger partial charge in [0, 0.05) is 28.6 Å². The molecule has 17 heavy (non-hydrogen) atoms. The third-order valence-electron chi connectivity index (χ3n) is 2.84. The summed E-state index contributed by atoms with van der Waals surface area (Å²) in [6.45, 7) is 6.40. The molecule has 0 bridgehead atoms. The Kier molecular flexibility index (Phi) is 3.86. The molecule has 2 rings (SSSR count). The van der Waals surface area contributed by atoms with Crippen molar-refractivity contribution in [3.8, 4) is 6.07 Å². The maximum atomic E-state index is 9.15. The van der Waals surface area contributed by atoms with E-state index in [1.165, 1.54) is 0 Å². The molecule has 0 spiro atoms. The number of halogens is 1. The van der Waals surface area contributed by atoms with Gasteiger partial charge in [-0.05, 0) is 18.2 Å².